The van der Waals surface area contributed by atoms with E-state index in [2.05, 4.69) is 6.92 Å². The molecule has 1 rings (SSSR count). The van der Waals surface area contributed by atoms with Gasteiger partial charge in [0.05, 0.1) is 6.10 Å². The maximum atomic E-state index is 5.07. The van der Waals surface area contributed by atoms with Gasteiger partial charge >= 0.3 is 0 Å². The van der Waals surface area contributed by atoms with Gasteiger partial charge in [-0.15, -0.1) is 0 Å². The average Bonchev–Trinajstić information content (AvgIpc) is 2.44. The fourth-order valence-corrected chi connectivity index (χ4v) is 0.758. The zero-order chi connectivity index (χ0) is 5.28. The third kappa shape index (κ3) is 1.16. The second-order valence-electron chi connectivity index (χ2n) is 2.28. The topological polar surface area (TPSA) is 9.23 Å². The smallest absolute Gasteiger partial charge is 0.0571 e. The molecule has 0 N–H and O–H groups in total. The van der Waals surface area contributed by atoms with Crippen molar-refractivity contribution in [3.63, 3.8) is 0 Å². The molecule has 42 valence electrons. The van der Waals surface area contributed by atoms with Crippen LogP contribution in [0.3, 0.4) is 0 Å². The van der Waals surface area contributed by atoms with Crippen molar-refractivity contribution in [2.75, 3.05) is 7.11 Å². The molecule has 1 aliphatic rings. The van der Waals surface area contributed by atoms with Gasteiger partial charge in [0.25, 0.3) is 0 Å². The van der Waals surface area contributed by atoms with E-state index in [0.717, 1.165) is 5.92 Å². The Kier molecular flexibility index (Phi) is 1.33. The molecule has 0 saturated heterocycles. The number of rotatable bonds is 2. The molecule has 0 amide bonds. The van der Waals surface area contributed by atoms with E-state index in [4.69, 9.17) is 4.74 Å². The van der Waals surface area contributed by atoms with Gasteiger partial charge in [0, 0.05) is 7.11 Å². The number of ether oxygens (including phenoxy) is 1. The van der Waals surface area contributed by atoms with Crippen molar-refractivity contribution in [2.45, 2.75) is 25.9 Å². The first kappa shape index (κ1) is 5.10. The summed E-state index contributed by atoms with van der Waals surface area (Å²) in [5.41, 5.74) is 0. The molecule has 0 aromatic rings. The normalized spacial score (nSPS) is 24.9. The van der Waals surface area contributed by atoms with E-state index in [1.165, 1.54) is 12.8 Å². The van der Waals surface area contributed by atoms with E-state index < -0.39 is 0 Å². The fourth-order valence-electron chi connectivity index (χ4n) is 0.758. The zero-order valence-corrected chi connectivity index (χ0v) is 4.98. The summed E-state index contributed by atoms with van der Waals surface area (Å²) >= 11 is 0. The van der Waals surface area contributed by atoms with Crippen LogP contribution in [0.2, 0.25) is 0 Å². The predicted molar refractivity (Wildman–Crippen MR) is 29.2 cm³/mol. The summed E-state index contributed by atoms with van der Waals surface area (Å²) in [6, 6.07) is 0. The lowest BCUT2D eigenvalue weighted by atomic mass is 10.3. The second kappa shape index (κ2) is 1.83. The van der Waals surface area contributed by atoms with E-state index in [9.17, 15) is 0 Å². The zero-order valence-electron chi connectivity index (χ0n) is 4.98. The summed E-state index contributed by atoms with van der Waals surface area (Å²) in [6.07, 6.45) is 3.28. The quantitative estimate of drug-likeness (QED) is 0.510. The number of hydrogen-bond acceptors (Lipinski definition) is 1. The van der Waals surface area contributed by atoms with E-state index >= 15 is 0 Å². The van der Waals surface area contributed by atoms with Crippen LogP contribution in [0, 0.1) is 5.92 Å². The van der Waals surface area contributed by atoms with Crippen LogP contribution in [-0.4, -0.2) is 13.2 Å². The largest absolute Gasteiger partial charge is 0.381 e. The molecule has 0 heterocycles. The molecular weight excluding hydrogens is 88.1 g/mol. The Bertz CT molecular complexity index is 57.2. The molecule has 1 atom stereocenters. The fraction of sp³-hybridized carbons (Fsp3) is 1.00. The molecule has 0 radical (unpaired) electrons. The Morgan fingerprint density at radius 3 is 2.29 bits per heavy atom. The van der Waals surface area contributed by atoms with Crippen LogP contribution in [0.1, 0.15) is 19.8 Å². The van der Waals surface area contributed by atoms with E-state index in [1.54, 1.807) is 7.11 Å². The molecule has 0 aliphatic heterocycles. The van der Waals surface area contributed by atoms with Gasteiger partial charge in [0.1, 0.15) is 0 Å². The van der Waals surface area contributed by atoms with Crippen molar-refractivity contribution in [2.24, 2.45) is 5.92 Å². The van der Waals surface area contributed by atoms with Gasteiger partial charge in [-0.2, -0.15) is 0 Å². The Hall–Kier alpha value is -0.0400. The first-order valence-electron chi connectivity index (χ1n) is 2.87. The molecule has 7 heavy (non-hydrogen) atoms. The van der Waals surface area contributed by atoms with Crippen LogP contribution in [0.5, 0.6) is 0 Å². The summed E-state index contributed by atoms with van der Waals surface area (Å²) in [5, 5.41) is 0. The molecule has 1 heteroatoms. The number of hydrogen-bond donors (Lipinski definition) is 0. The molecule has 0 aromatic heterocycles. The van der Waals surface area contributed by atoms with Crippen LogP contribution in [0.4, 0.5) is 0 Å². The van der Waals surface area contributed by atoms with Gasteiger partial charge in [0.2, 0.25) is 0 Å². The lowest BCUT2D eigenvalue weighted by Gasteiger charge is -2.04. The highest BCUT2D eigenvalue weighted by molar-refractivity contribution is 4.78. The minimum atomic E-state index is 0.514. The summed E-state index contributed by atoms with van der Waals surface area (Å²) < 4.78 is 5.07. The highest BCUT2D eigenvalue weighted by Gasteiger charge is 2.27. The third-order valence-corrected chi connectivity index (χ3v) is 1.66. The summed E-state index contributed by atoms with van der Waals surface area (Å²) in [6.45, 7) is 2.14. The first-order valence-corrected chi connectivity index (χ1v) is 2.87. The van der Waals surface area contributed by atoms with Crippen molar-refractivity contribution in [1.82, 2.24) is 0 Å². The van der Waals surface area contributed by atoms with Gasteiger partial charge < -0.3 is 4.74 Å². The summed E-state index contributed by atoms with van der Waals surface area (Å²) in [5.74, 6) is 0.894. The SMILES string of the molecule is CO[C@@H](C)C1CC1. The van der Waals surface area contributed by atoms with Crippen LogP contribution in [-0.2, 0) is 4.74 Å². The average molecular weight is 100 g/mol. The van der Waals surface area contributed by atoms with Gasteiger partial charge in [-0.25, -0.2) is 0 Å². The van der Waals surface area contributed by atoms with Crippen LogP contribution in [0.25, 0.3) is 0 Å². The lowest BCUT2D eigenvalue weighted by molar-refractivity contribution is 0.100. The molecule has 1 saturated carbocycles. The third-order valence-electron chi connectivity index (χ3n) is 1.66. The van der Waals surface area contributed by atoms with E-state index in [-0.39, 0.29) is 0 Å². The molecule has 0 bridgehead atoms. The van der Waals surface area contributed by atoms with Crippen LogP contribution in [0.15, 0.2) is 0 Å². The Balaban J connectivity index is 2.10. The minimum Gasteiger partial charge on any atom is -0.381 e. The molecule has 1 aliphatic carbocycles. The predicted octanol–water partition coefficient (Wildman–Crippen LogP) is 1.43. The maximum Gasteiger partial charge on any atom is 0.0571 e. The van der Waals surface area contributed by atoms with E-state index in [0.29, 0.717) is 6.10 Å². The number of methoxy groups -OCH3 is 1. The summed E-state index contributed by atoms with van der Waals surface area (Å²) in [7, 11) is 1.78. The van der Waals surface area contributed by atoms with E-state index in [1.807, 2.05) is 0 Å². The monoisotopic (exact) mass is 100 g/mol. The molecule has 0 aromatic carbocycles. The Morgan fingerprint density at radius 2 is 2.14 bits per heavy atom. The van der Waals surface area contributed by atoms with Crippen molar-refractivity contribution < 1.29 is 4.74 Å². The standard InChI is InChI=1S/C6H12O/c1-5(7-2)6-3-4-6/h5-6H,3-4H2,1-2H3/t5-/m0/s1. The molecular formula is C6H12O. The molecule has 1 fully saturated rings. The van der Waals surface area contributed by atoms with Crippen molar-refractivity contribution in [3.8, 4) is 0 Å². The summed E-state index contributed by atoms with van der Waals surface area (Å²) in [4.78, 5) is 0. The lowest BCUT2D eigenvalue weighted by Crippen LogP contribution is -2.05. The van der Waals surface area contributed by atoms with Crippen molar-refractivity contribution in [1.29, 1.82) is 0 Å². The highest BCUT2D eigenvalue weighted by Crippen LogP contribution is 2.33. The molecule has 0 unspecified atom stereocenters. The van der Waals surface area contributed by atoms with Gasteiger partial charge in [-0.05, 0) is 25.7 Å². The molecule has 0 spiro atoms. The van der Waals surface area contributed by atoms with Gasteiger partial charge in [0.15, 0.2) is 0 Å². The second-order valence-corrected chi connectivity index (χ2v) is 2.28. The first-order chi connectivity index (χ1) is 3.34. The minimum absolute atomic E-state index is 0.514. The van der Waals surface area contributed by atoms with Crippen LogP contribution >= 0.6 is 0 Å². The van der Waals surface area contributed by atoms with Crippen molar-refractivity contribution in [3.05, 3.63) is 0 Å². The Morgan fingerprint density at radius 1 is 1.57 bits per heavy atom. The van der Waals surface area contributed by atoms with Gasteiger partial charge in [-0.1, -0.05) is 0 Å². The van der Waals surface area contributed by atoms with Crippen LogP contribution < -0.4 is 0 Å². The molecule has 1 nitrogen and oxygen atoms in total. The Labute approximate surface area is 44.7 Å². The van der Waals surface area contributed by atoms with Gasteiger partial charge in [-0.3, -0.25) is 0 Å². The highest BCUT2D eigenvalue weighted by atomic mass is 16.5. The maximum absolute atomic E-state index is 5.07. The van der Waals surface area contributed by atoms with Crippen molar-refractivity contribution >= 4 is 0 Å².